The molecule has 0 spiro atoms. The predicted molar refractivity (Wildman–Crippen MR) is 102 cm³/mol. The van der Waals surface area contributed by atoms with E-state index < -0.39 is 10.8 Å². The minimum absolute atomic E-state index is 0.570. The van der Waals surface area contributed by atoms with Crippen LogP contribution in [0, 0.1) is 0 Å². The number of fused-ring (bicyclic) bond motifs is 1. The Morgan fingerprint density at radius 1 is 1.17 bits per heavy atom. The van der Waals surface area contributed by atoms with Crippen LogP contribution in [0.3, 0.4) is 0 Å². The zero-order valence-corrected chi connectivity index (χ0v) is 15.7. The first-order chi connectivity index (χ1) is 11.7. The van der Waals surface area contributed by atoms with Gasteiger partial charge in [0.25, 0.3) is 0 Å². The third-order valence-electron chi connectivity index (χ3n) is 5.19. The molecular formula is C19H31N3OS. The summed E-state index contributed by atoms with van der Waals surface area (Å²) < 4.78 is 11.9. The van der Waals surface area contributed by atoms with Crippen LogP contribution in [-0.4, -0.2) is 59.7 Å². The van der Waals surface area contributed by atoms with E-state index in [0.29, 0.717) is 5.88 Å². The summed E-state index contributed by atoms with van der Waals surface area (Å²) in [7, 11) is 1.39. The number of hydrogen-bond acceptors (Lipinski definition) is 4. The summed E-state index contributed by atoms with van der Waals surface area (Å²) in [5.74, 6) is 0.570. The van der Waals surface area contributed by atoms with Crippen molar-refractivity contribution in [2.24, 2.45) is 0 Å². The van der Waals surface area contributed by atoms with Gasteiger partial charge in [-0.1, -0.05) is 12.5 Å². The van der Waals surface area contributed by atoms with Crippen molar-refractivity contribution in [2.75, 3.05) is 51.0 Å². The van der Waals surface area contributed by atoms with Crippen LogP contribution in [0.2, 0.25) is 0 Å². The molecule has 0 bridgehead atoms. The number of likely N-dealkylation sites (tertiary alicyclic amines) is 1. The largest absolute Gasteiger partial charge is 0.372 e. The number of likely N-dealkylation sites (N-methyl/N-ethyl adjacent to an activating group) is 1. The third kappa shape index (κ3) is 5.04. The molecule has 1 N–H and O–H groups in total. The Kier molecular flexibility index (Phi) is 6.69. The fraction of sp³-hybridized carbons (Fsp3) is 0.684. The molecule has 134 valence electrons. The second-order valence-electron chi connectivity index (χ2n) is 7.16. The summed E-state index contributed by atoms with van der Waals surface area (Å²) >= 11 is 0. The molecule has 2 heterocycles. The summed E-state index contributed by atoms with van der Waals surface area (Å²) in [6, 6.07) is 6.39. The van der Waals surface area contributed by atoms with Crippen molar-refractivity contribution in [3.63, 3.8) is 0 Å². The van der Waals surface area contributed by atoms with E-state index in [2.05, 4.69) is 40.4 Å². The van der Waals surface area contributed by atoms with Gasteiger partial charge in [-0.25, -0.2) is 0 Å². The molecule has 0 amide bonds. The first kappa shape index (κ1) is 17.9. The Bertz CT molecular complexity index is 558. The molecule has 0 aromatic heterocycles. The van der Waals surface area contributed by atoms with Crippen molar-refractivity contribution in [2.45, 2.75) is 43.4 Å². The molecule has 1 aromatic rings. The number of rotatable bonds is 8. The highest BCUT2D eigenvalue weighted by Crippen LogP contribution is 2.27. The molecule has 4 nitrogen and oxygen atoms in total. The summed E-state index contributed by atoms with van der Waals surface area (Å²) in [4.78, 5) is 6.07. The summed E-state index contributed by atoms with van der Waals surface area (Å²) in [6.07, 6.45) is 7.69. The van der Waals surface area contributed by atoms with E-state index in [-0.39, 0.29) is 0 Å². The maximum absolute atomic E-state index is 11.9. The quantitative estimate of drug-likeness (QED) is 0.732. The minimum Gasteiger partial charge on any atom is -0.372 e. The van der Waals surface area contributed by atoms with Crippen molar-refractivity contribution in [3.8, 4) is 0 Å². The number of aryl methyl sites for hydroxylation is 1. The van der Waals surface area contributed by atoms with Crippen LogP contribution >= 0.6 is 0 Å². The van der Waals surface area contributed by atoms with Crippen molar-refractivity contribution in [1.29, 1.82) is 0 Å². The molecule has 1 aromatic carbocycles. The van der Waals surface area contributed by atoms with E-state index in [9.17, 15) is 4.21 Å². The van der Waals surface area contributed by atoms with E-state index in [1.165, 1.54) is 70.4 Å². The number of nitrogens with one attached hydrogen (secondary N) is 1. The first-order valence-corrected chi connectivity index (χ1v) is 10.7. The lowest BCUT2D eigenvalue weighted by molar-refractivity contribution is 0.195. The molecule has 24 heavy (non-hydrogen) atoms. The van der Waals surface area contributed by atoms with Gasteiger partial charge < -0.3 is 15.1 Å². The van der Waals surface area contributed by atoms with Crippen LogP contribution < -0.4 is 5.32 Å². The van der Waals surface area contributed by atoms with Crippen LogP contribution in [0.1, 0.15) is 37.7 Å². The maximum atomic E-state index is 11.9. The van der Waals surface area contributed by atoms with E-state index in [4.69, 9.17) is 0 Å². The number of unbranched alkanes of at least 4 members (excludes halogenated alkanes) is 1. The fourth-order valence-corrected chi connectivity index (χ4v) is 4.71. The van der Waals surface area contributed by atoms with Crippen molar-refractivity contribution < 1.29 is 4.21 Å². The summed E-state index contributed by atoms with van der Waals surface area (Å²) in [5, 5.41) is 3.19. The molecule has 0 saturated carbocycles. The van der Waals surface area contributed by atoms with E-state index in [1.807, 2.05) is 0 Å². The van der Waals surface area contributed by atoms with E-state index >= 15 is 0 Å². The maximum Gasteiger partial charge on any atom is 0.0959 e. The van der Waals surface area contributed by atoms with Gasteiger partial charge in [-0.2, -0.15) is 0 Å². The topological polar surface area (TPSA) is 35.6 Å². The van der Waals surface area contributed by atoms with Gasteiger partial charge >= 0.3 is 0 Å². The molecule has 2 aliphatic rings. The van der Waals surface area contributed by atoms with Crippen LogP contribution in [0.4, 0.5) is 5.69 Å². The Hall–Kier alpha value is -0.910. The number of anilines is 1. The molecule has 3 rings (SSSR count). The van der Waals surface area contributed by atoms with Gasteiger partial charge in [-0.15, -0.1) is 0 Å². The molecule has 5 heteroatoms. The van der Waals surface area contributed by atoms with Gasteiger partial charge in [0.15, 0.2) is 0 Å². The lowest BCUT2D eigenvalue weighted by atomic mass is 10.1. The van der Waals surface area contributed by atoms with Gasteiger partial charge in [-0.3, -0.25) is 4.21 Å². The monoisotopic (exact) mass is 349 g/mol. The molecule has 1 unspecified atom stereocenters. The smallest absolute Gasteiger partial charge is 0.0959 e. The molecule has 1 fully saturated rings. The van der Waals surface area contributed by atoms with Crippen molar-refractivity contribution >= 4 is 16.5 Å². The SMILES string of the molecule is CN(CCCCc1ccc2c(c1)S(=O)CN2)CCN1CCCCC1. The highest BCUT2D eigenvalue weighted by molar-refractivity contribution is 7.85. The van der Waals surface area contributed by atoms with Crippen LogP contribution in [-0.2, 0) is 17.2 Å². The molecular weight excluding hydrogens is 318 g/mol. The van der Waals surface area contributed by atoms with Gasteiger partial charge in [0.05, 0.1) is 27.3 Å². The summed E-state index contributed by atoms with van der Waals surface area (Å²) in [6.45, 7) is 6.17. The zero-order valence-electron chi connectivity index (χ0n) is 14.9. The lowest BCUT2D eigenvalue weighted by Gasteiger charge is -2.28. The average molecular weight is 350 g/mol. The molecule has 1 saturated heterocycles. The first-order valence-electron chi connectivity index (χ1n) is 9.38. The summed E-state index contributed by atoms with van der Waals surface area (Å²) in [5.41, 5.74) is 2.37. The minimum atomic E-state index is -0.852. The predicted octanol–water partition coefficient (Wildman–Crippen LogP) is 2.92. The molecule has 0 aliphatic carbocycles. The van der Waals surface area contributed by atoms with Gasteiger partial charge in [-0.05, 0) is 76.5 Å². The fourth-order valence-electron chi connectivity index (χ4n) is 3.60. The molecule has 1 atom stereocenters. The number of piperidine rings is 1. The lowest BCUT2D eigenvalue weighted by Crippen LogP contribution is -2.36. The standard InChI is InChI=1S/C19H31N3OS/c1-21(13-14-22-11-4-2-5-12-22)10-6-3-7-17-8-9-18-19(15-17)24(23)16-20-18/h8-9,15,20H,2-7,10-14,16H2,1H3. The van der Waals surface area contributed by atoms with Gasteiger partial charge in [0.2, 0.25) is 0 Å². The van der Waals surface area contributed by atoms with Crippen LogP contribution in [0.5, 0.6) is 0 Å². The highest BCUT2D eigenvalue weighted by atomic mass is 32.2. The second-order valence-corrected chi connectivity index (χ2v) is 8.58. The second kappa shape index (κ2) is 8.97. The number of hydrogen-bond donors (Lipinski definition) is 1. The molecule has 0 radical (unpaired) electrons. The third-order valence-corrected chi connectivity index (χ3v) is 6.42. The van der Waals surface area contributed by atoms with Crippen LogP contribution in [0.25, 0.3) is 0 Å². The Labute approximate surface area is 149 Å². The van der Waals surface area contributed by atoms with Gasteiger partial charge in [0, 0.05) is 13.1 Å². The number of benzene rings is 1. The Morgan fingerprint density at radius 3 is 2.83 bits per heavy atom. The Balaban J connectivity index is 1.32. The van der Waals surface area contributed by atoms with Crippen molar-refractivity contribution in [3.05, 3.63) is 23.8 Å². The van der Waals surface area contributed by atoms with Crippen molar-refractivity contribution in [1.82, 2.24) is 9.80 Å². The average Bonchev–Trinajstić information content (AvgIpc) is 2.98. The molecule has 2 aliphatic heterocycles. The van der Waals surface area contributed by atoms with Crippen LogP contribution in [0.15, 0.2) is 23.1 Å². The zero-order chi connectivity index (χ0) is 16.8. The Morgan fingerprint density at radius 2 is 2.00 bits per heavy atom. The number of nitrogens with zero attached hydrogens (tertiary/aromatic N) is 2. The van der Waals surface area contributed by atoms with E-state index in [1.54, 1.807) is 0 Å². The normalized spacial score (nSPS) is 21.0. The van der Waals surface area contributed by atoms with Gasteiger partial charge in [0.1, 0.15) is 0 Å². The highest BCUT2D eigenvalue weighted by Gasteiger charge is 2.17. The van der Waals surface area contributed by atoms with E-state index in [0.717, 1.165) is 17.0 Å².